The van der Waals surface area contributed by atoms with Gasteiger partial charge in [0.1, 0.15) is 6.04 Å². The Balaban J connectivity index is 1.86. The zero-order chi connectivity index (χ0) is 20.6. The number of halogens is 1. The summed E-state index contributed by atoms with van der Waals surface area (Å²) in [4.78, 5) is 27.9. The molecule has 0 heterocycles. The molecule has 0 aliphatic heterocycles. The summed E-state index contributed by atoms with van der Waals surface area (Å²) in [7, 11) is 0. The summed E-state index contributed by atoms with van der Waals surface area (Å²) in [6, 6.07) is 17.6. The highest BCUT2D eigenvalue weighted by Gasteiger charge is 2.31. The Morgan fingerprint density at radius 1 is 1.03 bits per heavy atom. The molecular weight excluding hydrogens is 428 g/mol. The van der Waals surface area contributed by atoms with Crippen LogP contribution >= 0.6 is 15.9 Å². The number of rotatable bonds is 8. The van der Waals surface area contributed by atoms with Crippen molar-refractivity contribution in [2.24, 2.45) is 0 Å². The first-order chi connectivity index (χ1) is 14.1. The molecule has 154 valence electrons. The van der Waals surface area contributed by atoms with Gasteiger partial charge >= 0.3 is 0 Å². The molecule has 1 fully saturated rings. The van der Waals surface area contributed by atoms with Crippen LogP contribution in [0.15, 0.2) is 59.1 Å². The van der Waals surface area contributed by atoms with Crippen LogP contribution in [0.1, 0.15) is 50.2 Å². The topological polar surface area (TPSA) is 49.4 Å². The normalized spacial score (nSPS) is 15.1. The Kier molecular flexibility index (Phi) is 7.87. The van der Waals surface area contributed by atoms with E-state index in [1.807, 2.05) is 61.5 Å². The van der Waals surface area contributed by atoms with Gasteiger partial charge in [-0.3, -0.25) is 9.59 Å². The molecule has 0 saturated heterocycles. The fourth-order valence-corrected chi connectivity index (χ4v) is 4.18. The molecule has 1 aliphatic rings. The maximum atomic E-state index is 13.3. The van der Waals surface area contributed by atoms with E-state index in [0.29, 0.717) is 19.4 Å². The number of hydrogen-bond acceptors (Lipinski definition) is 2. The van der Waals surface area contributed by atoms with Gasteiger partial charge in [-0.25, -0.2) is 0 Å². The number of hydrogen-bond donors (Lipinski definition) is 1. The summed E-state index contributed by atoms with van der Waals surface area (Å²) < 4.78 is 0.995. The van der Waals surface area contributed by atoms with Gasteiger partial charge in [0.2, 0.25) is 11.8 Å². The van der Waals surface area contributed by atoms with Crippen molar-refractivity contribution in [3.8, 4) is 0 Å². The molecule has 1 saturated carbocycles. The Labute approximate surface area is 181 Å². The van der Waals surface area contributed by atoms with E-state index in [4.69, 9.17) is 0 Å². The zero-order valence-corrected chi connectivity index (χ0v) is 18.5. The van der Waals surface area contributed by atoms with E-state index >= 15 is 0 Å². The van der Waals surface area contributed by atoms with Crippen LogP contribution in [0.3, 0.4) is 0 Å². The standard InChI is InChI=1S/C24H29BrN2O2/c1-2-23(28)27(17-19-12-14-20(25)15-13-19)22(16-18-8-4-3-5-9-18)24(29)26-21-10-6-7-11-21/h3-5,8-9,12-15,21-22H,2,6-7,10-11,16-17H2,1H3,(H,26,29). The van der Waals surface area contributed by atoms with Crippen LogP contribution in [-0.4, -0.2) is 28.8 Å². The Morgan fingerprint density at radius 3 is 2.31 bits per heavy atom. The van der Waals surface area contributed by atoms with E-state index in [1.54, 1.807) is 4.90 Å². The van der Waals surface area contributed by atoms with E-state index in [1.165, 1.54) is 0 Å². The summed E-state index contributed by atoms with van der Waals surface area (Å²) in [5.74, 6) is -0.0462. The lowest BCUT2D eigenvalue weighted by Crippen LogP contribution is -2.52. The van der Waals surface area contributed by atoms with Crippen LogP contribution in [0.2, 0.25) is 0 Å². The summed E-state index contributed by atoms with van der Waals surface area (Å²) in [6.07, 6.45) is 5.26. The summed E-state index contributed by atoms with van der Waals surface area (Å²) in [5.41, 5.74) is 2.07. The first-order valence-corrected chi connectivity index (χ1v) is 11.2. The smallest absolute Gasteiger partial charge is 0.243 e. The third-order valence-electron chi connectivity index (χ3n) is 5.54. The maximum Gasteiger partial charge on any atom is 0.243 e. The van der Waals surface area contributed by atoms with Gasteiger partial charge < -0.3 is 10.2 Å². The molecular formula is C24H29BrN2O2. The van der Waals surface area contributed by atoms with Crippen LogP contribution in [0.25, 0.3) is 0 Å². The van der Waals surface area contributed by atoms with Crippen molar-refractivity contribution in [2.45, 2.75) is 64.1 Å². The van der Waals surface area contributed by atoms with Gasteiger partial charge in [-0.2, -0.15) is 0 Å². The SMILES string of the molecule is CCC(=O)N(Cc1ccc(Br)cc1)C(Cc1ccccc1)C(=O)NC1CCCC1. The molecule has 1 aliphatic carbocycles. The minimum absolute atomic E-state index is 0.00424. The zero-order valence-electron chi connectivity index (χ0n) is 16.9. The largest absolute Gasteiger partial charge is 0.352 e. The molecule has 2 aromatic carbocycles. The quantitative estimate of drug-likeness (QED) is 0.616. The minimum atomic E-state index is -0.519. The van der Waals surface area contributed by atoms with E-state index in [0.717, 1.165) is 41.3 Å². The lowest BCUT2D eigenvalue weighted by Gasteiger charge is -2.32. The molecule has 2 amide bonds. The van der Waals surface area contributed by atoms with Gasteiger partial charge in [-0.15, -0.1) is 0 Å². The summed E-state index contributed by atoms with van der Waals surface area (Å²) in [5, 5.41) is 3.21. The predicted octanol–water partition coefficient (Wildman–Crippen LogP) is 4.86. The minimum Gasteiger partial charge on any atom is -0.352 e. The second kappa shape index (κ2) is 10.6. The van der Waals surface area contributed by atoms with Crippen molar-refractivity contribution < 1.29 is 9.59 Å². The number of carbonyl (C=O) groups excluding carboxylic acids is 2. The second-order valence-corrected chi connectivity index (χ2v) is 8.61. The average Bonchev–Trinajstić information content (AvgIpc) is 3.25. The number of nitrogens with one attached hydrogen (secondary N) is 1. The van der Waals surface area contributed by atoms with Gasteiger partial charge in [0, 0.05) is 29.9 Å². The monoisotopic (exact) mass is 456 g/mol. The molecule has 4 nitrogen and oxygen atoms in total. The molecule has 29 heavy (non-hydrogen) atoms. The first-order valence-electron chi connectivity index (χ1n) is 10.4. The van der Waals surface area contributed by atoms with Gasteiger partial charge in [0.15, 0.2) is 0 Å². The molecule has 1 N–H and O–H groups in total. The van der Waals surface area contributed by atoms with E-state index in [-0.39, 0.29) is 17.9 Å². The Bertz CT molecular complexity index is 801. The predicted molar refractivity (Wildman–Crippen MR) is 119 cm³/mol. The summed E-state index contributed by atoms with van der Waals surface area (Å²) >= 11 is 3.45. The van der Waals surface area contributed by atoms with E-state index < -0.39 is 6.04 Å². The van der Waals surface area contributed by atoms with Crippen molar-refractivity contribution in [3.05, 3.63) is 70.2 Å². The lowest BCUT2D eigenvalue weighted by atomic mass is 10.0. The van der Waals surface area contributed by atoms with Crippen molar-refractivity contribution in [2.75, 3.05) is 0 Å². The molecule has 0 bridgehead atoms. The number of carbonyl (C=O) groups is 2. The molecule has 1 unspecified atom stereocenters. The maximum absolute atomic E-state index is 13.3. The molecule has 0 aromatic heterocycles. The first kappa shape index (κ1) is 21.6. The molecule has 3 rings (SSSR count). The molecule has 0 spiro atoms. The Hall–Kier alpha value is -2.14. The van der Waals surface area contributed by atoms with Crippen molar-refractivity contribution in [3.63, 3.8) is 0 Å². The Morgan fingerprint density at radius 2 is 1.69 bits per heavy atom. The van der Waals surface area contributed by atoms with Gasteiger partial charge in [0.05, 0.1) is 0 Å². The molecule has 1 atom stereocenters. The van der Waals surface area contributed by atoms with Crippen molar-refractivity contribution >= 4 is 27.7 Å². The highest BCUT2D eigenvalue weighted by molar-refractivity contribution is 9.10. The molecule has 5 heteroatoms. The van der Waals surface area contributed by atoms with Crippen LogP contribution in [-0.2, 0) is 22.6 Å². The van der Waals surface area contributed by atoms with Crippen molar-refractivity contribution in [1.29, 1.82) is 0 Å². The third-order valence-corrected chi connectivity index (χ3v) is 6.07. The van der Waals surface area contributed by atoms with Crippen LogP contribution in [0.5, 0.6) is 0 Å². The molecule has 2 aromatic rings. The highest BCUT2D eigenvalue weighted by atomic mass is 79.9. The van der Waals surface area contributed by atoms with Crippen LogP contribution < -0.4 is 5.32 Å². The summed E-state index contributed by atoms with van der Waals surface area (Å²) in [6.45, 7) is 2.28. The number of nitrogens with zero attached hydrogens (tertiary/aromatic N) is 1. The molecule has 0 radical (unpaired) electrons. The van der Waals surface area contributed by atoms with E-state index in [2.05, 4.69) is 21.2 Å². The fraction of sp³-hybridized carbons (Fsp3) is 0.417. The fourth-order valence-electron chi connectivity index (χ4n) is 3.91. The number of amides is 2. The van der Waals surface area contributed by atoms with Crippen molar-refractivity contribution in [1.82, 2.24) is 10.2 Å². The lowest BCUT2D eigenvalue weighted by molar-refractivity contribution is -0.141. The third kappa shape index (κ3) is 6.17. The van der Waals surface area contributed by atoms with Crippen LogP contribution in [0.4, 0.5) is 0 Å². The van der Waals surface area contributed by atoms with E-state index in [9.17, 15) is 9.59 Å². The van der Waals surface area contributed by atoms with Gasteiger partial charge in [-0.1, -0.05) is 78.2 Å². The van der Waals surface area contributed by atoms with Gasteiger partial charge in [0.25, 0.3) is 0 Å². The van der Waals surface area contributed by atoms with Crippen LogP contribution in [0, 0.1) is 0 Å². The average molecular weight is 457 g/mol. The number of benzene rings is 2. The second-order valence-electron chi connectivity index (χ2n) is 7.70. The highest BCUT2D eigenvalue weighted by Crippen LogP contribution is 2.21. The van der Waals surface area contributed by atoms with Gasteiger partial charge in [-0.05, 0) is 36.1 Å².